The molecule has 20 heavy (non-hydrogen) atoms. The first-order chi connectivity index (χ1) is 9.65. The molecular weight excluding hydrogens is 256 g/mol. The molecule has 5 nitrogen and oxygen atoms in total. The van der Waals surface area contributed by atoms with Crippen LogP contribution in [0.1, 0.15) is 27.2 Å². The smallest absolute Gasteiger partial charge is 0.221 e. The third-order valence-corrected chi connectivity index (χ3v) is 2.62. The van der Waals surface area contributed by atoms with Crippen LogP contribution in [0.25, 0.3) is 0 Å². The van der Waals surface area contributed by atoms with Gasteiger partial charge in [0.15, 0.2) is 6.29 Å². The van der Waals surface area contributed by atoms with Crippen LogP contribution in [0.5, 0.6) is 0 Å². The molecule has 0 bridgehead atoms. The van der Waals surface area contributed by atoms with Gasteiger partial charge in [0.1, 0.15) is 0 Å². The standard InChI is InChI=1S/C15H24N2O3/c1-4-19-15(20-5-2)10-11-16-13-6-8-14(9-7-13)17-12(3)18/h6-9,15-16H,4-5,10-11H2,1-3H3,(H,17,18). The van der Waals surface area contributed by atoms with Gasteiger partial charge in [-0.15, -0.1) is 0 Å². The summed E-state index contributed by atoms with van der Waals surface area (Å²) in [5.74, 6) is -0.0676. The molecule has 2 N–H and O–H groups in total. The summed E-state index contributed by atoms with van der Waals surface area (Å²) in [5.41, 5.74) is 1.80. The molecule has 0 aliphatic rings. The van der Waals surface area contributed by atoms with Crippen LogP contribution in [0, 0.1) is 0 Å². The molecule has 0 spiro atoms. The molecule has 1 aromatic carbocycles. The van der Waals surface area contributed by atoms with E-state index in [-0.39, 0.29) is 12.2 Å². The van der Waals surface area contributed by atoms with E-state index in [1.807, 2.05) is 38.1 Å². The van der Waals surface area contributed by atoms with Gasteiger partial charge < -0.3 is 20.1 Å². The van der Waals surface area contributed by atoms with Gasteiger partial charge in [0, 0.05) is 44.5 Å². The molecule has 0 atom stereocenters. The predicted octanol–water partition coefficient (Wildman–Crippen LogP) is 2.85. The van der Waals surface area contributed by atoms with Crippen LogP contribution < -0.4 is 10.6 Å². The first kappa shape index (κ1) is 16.5. The molecule has 0 fully saturated rings. The average Bonchev–Trinajstić information content (AvgIpc) is 2.40. The van der Waals surface area contributed by atoms with Crippen molar-refractivity contribution >= 4 is 17.3 Å². The van der Waals surface area contributed by atoms with Crippen LogP contribution in [-0.4, -0.2) is 32.0 Å². The van der Waals surface area contributed by atoms with Crippen LogP contribution in [0.15, 0.2) is 24.3 Å². The Morgan fingerprint density at radius 1 is 1.10 bits per heavy atom. The number of rotatable bonds is 9. The molecule has 0 saturated heterocycles. The minimum atomic E-state index is -0.156. The van der Waals surface area contributed by atoms with Crippen LogP contribution in [-0.2, 0) is 14.3 Å². The molecule has 1 amide bonds. The van der Waals surface area contributed by atoms with E-state index in [4.69, 9.17) is 9.47 Å². The molecule has 0 aromatic heterocycles. The lowest BCUT2D eigenvalue weighted by Gasteiger charge is -2.17. The number of amides is 1. The molecule has 0 radical (unpaired) electrons. The first-order valence-corrected chi connectivity index (χ1v) is 7.00. The lowest BCUT2D eigenvalue weighted by molar-refractivity contribution is -0.137. The highest BCUT2D eigenvalue weighted by molar-refractivity contribution is 5.88. The van der Waals surface area contributed by atoms with Gasteiger partial charge in [-0.05, 0) is 38.1 Å². The van der Waals surface area contributed by atoms with E-state index in [1.165, 1.54) is 6.92 Å². The van der Waals surface area contributed by atoms with Crippen molar-refractivity contribution < 1.29 is 14.3 Å². The van der Waals surface area contributed by atoms with Crippen molar-refractivity contribution in [3.05, 3.63) is 24.3 Å². The third-order valence-electron chi connectivity index (χ3n) is 2.62. The van der Waals surface area contributed by atoms with Crippen molar-refractivity contribution in [3.63, 3.8) is 0 Å². The summed E-state index contributed by atoms with van der Waals surface area (Å²) in [5, 5.41) is 6.03. The molecule has 1 rings (SSSR count). The summed E-state index contributed by atoms with van der Waals surface area (Å²) in [6.07, 6.45) is 0.630. The summed E-state index contributed by atoms with van der Waals surface area (Å²) in [6.45, 7) is 7.48. The van der Waals surface area contributed by atoms with E-state index in [0.717, 1.165) is 24.3 Å². The number of carbonyl (C=O) groups is 1. The maximum absolute atomic E-state index is 10.9. The van der Waals surface area contributed by atoms with Crippen molar-refractivity contribution in [2.45, 2.75) is 33.5 Å². The van der Waals surface area contributed by atoms with E-state index in [2.05, 4.69) is 10.6 Å². The second kappa shape index (κ2) is 9.34. The highest BCUT2D eigenvalue weighted by Crippen LogP contribution is 2.13. The van der Waals surface area contributed by atoms with Crippen LogP contribution in [0.3, 0.4) is 0 Å². The topological polar surface area (TPSA) is 59.6 Å². The molecule has 0 aliphatic carbocycles. The maximum Gasteiger partial charge on any atom is 0.221 e. The van der Waals surface area contributed by atoms with Crippen molar-refractivity contribution in [2.24, 2.45) is 0 Å². The Labute approximate surface area is 120 Å². The third kappa shape index (κ3) is 6.54. The summed E-state index contributed by atoms with van der Waals surface area (Å²) in [7, 11) is 0. The fourth-order valence-electron chi connectivity index (χ4n) is 1.80. The van der Waals surface area contributed by atoms with Crippen molar-refractivity contribution in [1.82, 2.24) is 0 Å². The minimum absolute atomic E-state index is 0.0676. The molecule has 112 valence electrons. The van der Waals surface area contributed by atoms with Gasteiger partial charge >= 0.3 is 0 Å². The van der Waals surface area contributed by atoms with Crippen molar-refractivity contribution in [2.75, 3.05) is 30.4 Å². The number of anilines is 2. The van der Waals surface area contributed by atoms with Crippen molar-refractivity contribution in [3.8, 4) is 0 Å². The fourth-order valence-corrected chi connectivity index (χ4v) is 1.80. The summed E-state index contributed by atoms with van der Waals surface area (Å²) in [6, 6.07) is 7.60. The summed E-state index contributed by atoms with van der Waals surface area (Å²) in [4.78, 5) is 10.9. The Morgan fingerprint density at radius 3 is 2.15 bits per heavy atom. The molecule has 0 unspecified atom stereocenters. The normalized spacial score (nSPS) is 10.6. The zero-order valence-electron chi connectivity index (χ0n) is 12.4. The lowest BCUT2D eigenvalue weighted by atomic mass is 10.2. The van der Waals surface area contributed by atoms with Gasteiger partial charge in [0.25, 0.3) is 0 Å². The van der Waals surface area contributed by atoms with Crippen LogP contribution in [0.2, 0.25) is 0 Å². The van der Waals surface area contributed by atoms with Crippen LogP contribution in [0.4, 0.5) is 11.4 Å². The molecule has 1 aromatic rings. The molecule has 0 aliphatic heterocycles. The van der Waals surface area contributed by atoms with E-state index in [9.17, 15) is 4.79 Å². The molecule has 0 heterocycles. The lowest BCUT2D eigenvalue weighted by Crippen LogP contribution is -2.21. The van der Waals surface area contributed by atoms with Gasteiger partial charge in [0.05, 0.1) is 0 Å². The Morgan fingerprint density at radius 2 is 1.65 bits per heavy atom. The molecule has 0 saturated carbocycles. The second-order valence-electron chi connectivity index (χ2n) is 4.31. The van der Waals surface area contributed by atoms with E-state index >= 15 is 0 Å². The number of ether oxygens (including phenoxy) is 2. The predicted molar refractivity (Wildman–Crippen MR) is 80.9 cm³/mol. The highest BCUT2D eigenvalue weighted by atomic mass is 16.7. The van der Waals surface area contributed by atoms with Crippen LogP contribution >= 0.6 is 0 Å². The number of hydrogen-bond donors (Lipinski definition) is 2. The maximum atomic E-state index is 10.9. The van der Waals surface area contributed by atoms with Gasteiger partial charge in [0.2, 0.25) is 5.91 Å². The Hall–Kier alpha value is -1.59. The Bertz CT molecular complexity index is 387. The second-order valence-corrected chi connectivity index (χ2v) is 4.31. The number of nitrogens with one attached hydrogen (secondary N) is 2. The summed E-state index contributed by atoms with van der Waals surface area (Å²) < 4.78 is 10.9. The number of benzene rings is 1. The largest absolute Gasteiger partial charge is 0.385 e. The molecular formula is C15H24N2O3. The zero-order valence-corrected chi connectivity index (χ0v) is 12.4. The summed E-state index contributed by atoms with van der Waals surface area (Å²) >= 11 is 0. The zero-order chi connectivity index (χ0) is 14.8. The highest BCUT2D eigenvalue weighted by Gasteiger charge is 2.06. The van der Waals surface area contributed by atoms with Gasteiger partial charge in [-0.3, -0.25) is 4.79 Å². The minimum Gasteiger partial charge on any atom is -0.385 e. The van der Waals surface area contributed by atoms with Gasteiger partial charge in [-0.25, -0.2) is 0 Å². The van der Waals surface area contributed by atoms with Gasteiger partial charge in [-0.1, -0.05) is 0 Å². The average molecular weight is 280 g/mol. The van der Waals surface area contributed by atoms with E-state index in [0.29, 0.717) is 13.2 Å². The quantitative estimate of drug-likeness (QED) is 0.683. The Balaban J connectivity index is 2.35. The Kier molecular flexibility index (Phi) is 7.69. The van der Waals surface area contributed by atoms with Gasteiger partial charge in [-0.2, -0.15) is 0 Å². The number of hydrogen-bond acceptors (Lipinski definition) is 4. The molecule has 5 heteroatoms. The monoisotopic (exact) mass is 280 g/mol. The fraction of sp³-hybridized carbons (Fsp3) is 0.533. The SMILES string of the molecule is CCOC(CCNc1ccc(NC(C)=O)cc1)OCC. The number of carbonyl (C=O) groups excluding carboxylic acids is 1. The van der Waals surface area contributed by atoms with Crippen molar-refractivity contribution in [1.29, 1.82) is 0 Å². The van der Waals surface area contributed by atoms with E-state index in [1.54, 1.807) is 0 Å². The first-order valence-electron chi connectivity index (χ1n) is 7.00. The van der Waals surface area contributed by atoms with E-state index < -0.39 is 0 Å².